The smallest absolute Gasteiger partial charge is 0.270 e. The summed E-state index contributed by atoms with van der Waals surface area (Å²) in [6, 6.07) is 15.0. The zero-order chi connectivity index (χ0) is 27.0. The van der Waals surface area contributed by atoms with Crippen molar-refractivity contribution < 1.29 is 22.7 Å². The van der Waals surface area contributed by atoms with Crippen LogP contribution in [0.2, 0.25) is 0 Å². The first-order valence-corrected chi connectivity index (χ1v) is 13.9. The van der Waals surface area contributed by atoms with Crippen molar-refractivity contribution in [2.24, 2.45) is 5.92 Å². The van der Waals surface area contributed by atoms with Gasteiger partial charge < -0.3 is 10.1 Å². The van der Waals surface area contributed by atoms with Gasteiger partial charge in [-0.2, -0.15) is 4.73 Å². The van der Waals surface area contributed by atoms with Crippen molar-refractivity contribution in [3.63, 3.8) is 0 Å². The van der Waals surface area contributed by atoms with E-state index in [1.807, 2.05) is 56.3 Å². The summed E-state index contributed by atoms with van der Waals surface area (Å²) in [4.78, 5) is 32.8. The molecule has 2 aliphatic heterocycles. The Morgan fingerprint density at radius 1 is 1.16 bits per heavy atom. The third-order valence-corrected chi connectivity index (χ3v) is 8.61. The second kappa shape index (κ2) is 10.0. The Morgan fingerprint density at radius 3 is 2.68 bits per heavy atom. The Kier molecular flexibility index (Phi) is 6.75. The van der Waals surface area contributed by atoms with Gasteiger partial charge in [0.2, 0.25) is 12.1 Å². The van der Waals surface area contributed by atoms with Crippen molar-refractivity contribution in [2.75, 3.05) is 13.1 Å². The summed E-state index contributed by atoms with van der Waals surface area (Å²) in [5, 5.41) is 11.7. The Morgan fingerprint density at radius 2 is 1.97 bits per heavy atom. The third kappa shape index (κ3) is 4.67. The van der Waals surface area contributed by atoms with Gasteiger partial charge in [-0.05, 0) is 48.2 Å². The maximum Gasteiger partial charge on any atom is 0.270 e. The Balaban J connectivity index is 1.44. The molecule has 1 amide bonds. The SMILES string of the molecule is CC(C)CC(C(=O)N1CC=C2C1C(=O)CN2S(=O)(=O)c1ccc[n+]([O-])c1)c1cccc(-c2ccccn2)c1. The summed E-state index contributed by atoms with van der Waals surface area (Å²) >= 11 is 0. The molecule has 0 bridgehead atoms. The zero-order valence-corrected chi connectivity index (χ0v) is 21.9. The number of sulfonamides is 1. The van der Waals surface area contributed by atoms with Gasteiger partial charge in [0.15, 0.2) is 16.9 Å². The summed E-state index contributed by atoms with van der Waals surface area (Å²) in [5.41, 5.74) is 2.76. The number of carbonyl (C=O) groups is 2. The Hall–Kier alpha value is -4.05. The number of ketones is 1. The number of amides is 1. The maximum absolute atomic E-state index is 14.0. The molecular formula is C28H28N4O5S. The van der Waals surface area contributed by atoms with Gasteiger partial charge in [0.25, 0.3) is 10.0 Å². The number of aromatic nitrogens is 2. The van der Waals surface area contributed by atoms with Crippen molar-refractivity contribution in [2.45, 2.75) is 37.1 Å². The highest BCUT2D eigenvalue weighted by molar-refractivity contribution is 7.89. The highest BCUT2D eigenvalue weighted by atomic mass is 32.2. The number of Topliss-reactive ketones (excluding diaryl/α,β-unsaturated/α-hetero) is 1. The molecule has 0 saturated carbocycles. The van der Waals surface area contributed by atoms with Crippen molar-refractivity contribution >= 4 is 21.7 Å². The normalized spacial score (nSPS) is 18.0. The molecular weight excluding hydrogens is 504 g/mol. The van der Waals surface area contributed by atoms with E-state index in [4.69, 9.17) is 0 Å². The monoisotopic (exact) mass is 532 g/mol. The second-order valence-corrected chi connectivity index (χ2v) is 11.8. The van der Waals surface area contributed by atoms with E-state index < -0.39 is 22.0 Å². The maximum atomic E-state index is 14.0. The summed E-state index contributed by atoms with van der Waals surface area (Å²) < 4.78 is 28.0. The number of hydrogen-bond donors (Lipinski definition) is 0. The highest BCUT2D eigenvalue weighted by Gasteiger charge is 2.50. The van der Waals surface area contributed by atoms with Gasteiger partial charge in [0.05, 0.1) is 23.9 Å². The largest absolute Gasteiger partial charge is 0.619 e. The van der Waals surface area contributed by atoms with Crippen molar-refractivity contribution in [3.8, 4) is 11.3 Å². The molecule has 10 heteroatoms. The molecule has 38 heavy (non-hydrogen) atoms. The van der Waals surface area contributed by atoms with Crippen LogP contribution in [0.3, 0.4) is 0 Å². The number of pyridine rings is 2. The molecule has 5 rings (SSSR count). The predicted molar refractivity (Wildman–Crippen MR) is 140 cm³/mol. The van der Waals surface area contributed by atoms with E-state index >= 15 is 0 Å². The van der Waals surface area contributed by atoms with E-state index in [2.05, 4.69) is 4.98 Å². The van der Waals surface area contributed by atoms with E-state index in [1.54, 1.807) is 12.3 Å². The Bertz CT molecular complexity index is 1520. The van der Waals surface area contributed by atoms with Gasteiger partial charge in [-0.1, -0.05) is 38.1 Å². The first-order valence-electron chi connectivity index (χ1n) is 12.4. The van der Waals surface area contributed by atoms with Crippen LogP contribution in [0.15, 0.2) is 89.9 Å². The van der Waals surface area contributed by atoms with Crippen LogP contribution < -0.4 is 4.73 Å². The minimum atomic E-state index is -4.15. The minimum absolute atomic E-state index is 0.126. The summed E-state index contributed by atoms with van der Waals surface area (Å²) in [5.74, 6) is -0.913. The summed E-state index contributed by atoms with van der Waals surface area (Å²) in [6.07, 6.45) is 6.04. The lowest BCUT2D eigenvalue weighted by Crippen LogP contribution is -2.43. The molecule has 1 saturated heterocycles. The average Bonchev–Trinajstić information content (AvgIpc) is 3.49. The molecule has 1 aromatic carbocycles. The van der Waals surface area contributed by atoms with Crippen LogP contribution in [-0.2, 0) is 19.6 Å². The van der Waals surface area contributed by atoms with Crippen molar-refractivity contribution in [1.82, 2.24) is 14.2 Å². The molecule has 9 nitrogen and oxygen atoms in total. The van der Waals surface area contributed by atoms with Crippen LogP contribution in [0.5, 0.6) is 0 Å². The number of benzene rings is 1. The van der Waals surface area contributed by atoms with Crippen LogP contribution in [0.1, 0.15) is 31.7 Å². The molecule has 0 aliphatic carbocycles. The molecule has 4 heterocycles. The third-order valence-electron chi connectivity index (χ3n) is 6.86. The molecule has 2 unspecified atom stereocenters. The Labute approximate surface area is 221 Å². The quantitative estimate of drug-likeness (QED) is 0.341. The number of carbonyl (C=O) groups excluding carboxylic acids is 2. The van der Waals surface area contributed by atoms with E-state index in [0.717, 1.165) is 27.3 Å². The minimum Gasteiger partial charge on any atom is -0.619 e. The van der Waals surface area contributed by atoms with Crippen molar-refractivity contribution in [3.05, 3.63) is 95.7 Å². The van der Waals surface area contributed by atoms with Gasteiger partial charge in [-0.15, -0.1) is 0 Å². The standard InChI is InChI=1S/C28H28N4O5S/c1-19(2)15-23(20-7-5-8-21(16-20)24-10-3-4-12-29-24)28(34)31-14-11-25-27(31)26(33)18-32(25)38(36,37)22-9-6-13-30(35)17-22/h3-13,16-17,19,23,27H,14-15,18H2,1-2H3. The van der Waals surface area contributed by atoms with Gasteiger partial charge in [0.1, 0.15) is 6.04 Å². The van der Waals surface area contributed by atoms with E-state index in [-0.39, 0.29) is 41.3 Å². The van der Waals surface area contributed by atoms with Gasteiger partial charge in [0, 0.05) is 24.4 Å². The number of hydrogen-bond acceptors (Lipinski definition) is 6. The number of fused-ring (bicyclic) bond motifs is 1. The van der Waals surface area contributed by atoms with Crippen molar-refractivity contribution in [1.29, 1.82) is 0 Å². The van der Waals surface area contributed by atoms with Crippen LogP contribution in [0, 0.1) is 11.1 Å². The molecule has 3 aromatic rings. The second-order valence-electron chi connectivity index (χ2n) is 9.92. The molecule has 2 aromatic heterocycles. The predicted octanol–water partition coefficient (Wildman–Crippen LogP) is 2.88. The lowest BCUT2D eigenvalue weighted by molar-refractivity contribution is -0.607. The fourth-order valence-corrected chi connectivity index (χ4v) is 6.61. The van der Waals surface area contributed by atoms with E-state index in [0.29, 0.717) is 11.2 Å². The number of nitrogens with zero attached hydrogens (tertiary/aromatic N) is 4. The molecule has 0 N–H and O–H groups in total. The first-order chi connectivity index (χ1) is 18.2. The highest BCUT2D eigenvalue weighted by Crippen LogP contribution is 2.37. The molecule has 0 spiro atoms. The first kappa shape index (κ1) is 25.6. The molecule has 196 valence electrons. The number of rotatable bonds is 7. The summed E-state index contributed by atoms with van der Waals surface area (Å²) in [6.45, 7) is 3.81. The molecule has 2 aliphatic rings. The lowest BCUT2D eigenvalue weighted by Gasteiger charge is -2.29. The molecule has 1 fully saturated rings. The van der Waals surface area contributed by atoms with Crippen LogP contribution >= 0.6 is 0 Å². The van der Waals surface area contributed by atoms with Crippen LogP contribution in [0.25, 0.3) is 11.3 Å². The van der Waals surface area contributed by atoms with E-state index in [1.165, 1.54) is 23.2 Å². The average molecular weight is 533 g/mol. The van der Waals surface area contributed by atoms with E-state index in [9.17, 15) is 23.2 Å². The van der Waals surface area contributed by atoms with Crippen LogP contribution in [0.4, 0.5) is 0 Å². The van der Waals surface area contributed by atoms with Crippen LogP contribution in [-0.4, -0.2) is 53.4 Å². The van der Waals surface area contributed by atoms with Gasteiger partial charge in [-0.25, -0.2) is 8.42 Å². The lowest BCUT2D eigenvalue weighted by atomic mass is 9.87. The van der Waals surface area contributed by atoms with Gasteiger partial charge >= 0.3 is 0 Å². The fraction of sp³-hybridized carbons (Fsp3) is 0.286. The molecule has 2 atom stereocenters. The molecule has 0 radical (unpaired) electrons. The van der Waals surface area contributed by atoms with Gasteiger partial charge in [-0.3, -0.25) is 18.9 Å². The fourth-order valence-electron chi connectivity index (χ4n) is 5.12. The zero-order valence-electron chi connectivity index (χ0n) is 21.1. The topological polar surface area (TPSA) is 115 Å². The summed E-state index contributed by atoms with van der Waals surface area (Å²) in [7, 11) is -4.15.